The van der Waals surface area contributed by atoms with Gasteiger partial charge in [-0.2, -0.15) is 0 Å². The minimum absolute atomic E-state index is 0.149. The summed E-state index contributed by atoms with van der Waals surface area (Å²) < 4.78 is 5.64. The lowest BCUT2D eigenvalue weighted by atomic mass is 9.69. The van der Waals surface area contributed by atoms with E-state index in [1.165, 1.54) is 43.2 Å². The van der Waals surface area contributed by atoms with Crippen LogP contribution in [0.15, 0.2) is 18.2 Å². The number of ether oxygens (including phenoxy) is 1. The predicted molar refractivity (Wildman–Crippen MR) is 89.5 cm³/mol. The summed E-state index contributed by atoms with van der Waals surface area (Å²) >= 11 is 0. The van der Waals surface area contributed by atoms with E-state index in [2.05, 4.69) is 19.1 Å². The van der Waals surface area contributed by atoms with Crippen molar-refractivity contribution >= 4 is 11.8 Å². The molecule has 120 valence electrons. The molecule has 1 saturated carbocycles. The number of aryl methyl sites for hydroxylation is 1. The number of nitrogens with zero attached hydrogens (tertiary/aromatic N) is 1. The van der Waals surface area contributed by atoms with Crippen molar-refractivity contribution in [1.29, 1.82) is 0 Å². The molecule has 0 atom stereocenters. The van der Waals surface area contributed by atoms with Gasteiger partial charge >= 0.3 is 6.09 Å². The highest BCUT2D eigenvalue weighted by Crippen LogP contribution is 2.50. The van der Waals surface area contributed by atoms with Gasteiger partial charge in [-0.3, -0.25) is 4.90 Å². The van der Waals surface area contributed by atoms with Crippen molar-refractivity contribution in [2.45, 2.75) is 70.8 Å². The summed E-state index contributed by atoms with van der Waals surface area (Å²) in [6, 6.07) is 6.30. The molecule has 22 heavy (non-hydrogen) atoms. The first-order chi connectivity index (χ1) is 10.3. The van der Waals surface area contributed by atoms with Crippen molar-refractivity contribution in [3.63, 3.8) is 0 Å². The van der Waals surface area contributed by atoms with E-state index in [0.717, 1.165) is 12.2 Å². The molecule has 0 bridgehead atoms. The van der Waals surface area contributed by atoms with Crippen molar-refractivity contribution in [2.24, 2.45) is 0 Å². The third kappa shape index (κ3) is 2.62. The first-order valence-electron chi connectivity index (χ1n) is 8.43. The van der Waals surface area contributed by atoms with Gasteiger partial charge in [-0.05, 0) is 57.7 Å². The molecule has 3 heteroatoms. The molecule has 1 aromatic carbocycles. The smallest absolute Gasteiger partial charge is 0.414 e. The maximum atomic E-state index is 12.7. The second-order valence-electron chi connectivity index (χ2n) is 7.88. The van der Waals surface area contributed by atoms with E-state index in [4.69, 9.17) is 4.74 Å². The molecule has 0 radical (unpaired) electrons. The van der Waals surface area contributed by atoms with Crippen LogP contribution in [0.25, 0.3) is 0 Å². The molecule has 2 aliphatic rings. The summed E-state index contributed by atoms with van der Waals surface area (Å²) in [6.45, 7) is 8.73. The summed E-state index contributed by atoms with van der Waals surface area (Å²) in [5, 5.41) is 0. The van der Waals surface area contributed by atoms with Crippen LogP contribution >= 0.6 is 0 Å². The minimum atomic E-state index is -0.455. The van der Waals surface area contributed by atoms with Crippen LogP contribution in [0.5, 0.6) is 0 Å². The van der Waals surface area contributed by atoms with E-state index in [1.54, 1.807) is 0 Å². The Morgan fingerprint density at radius 1 is 1.18 bits per heavy atom. The molecule has 3 nitrogen and oxygen atoms in total. The fourth-order valence-corrected chi connectivity index (χ4v) is 4.15. The Bertz CT molecular complexity index is 580. The van der Waals surface area contributed by atoms with Gasteiger partial charge in [0.1, 0.15) is 5.60 Å². The molecule has 1 aliphatic heterocycles. The van der Waals surface area contributed by atoms with Gasteiger partial charge in [0.05, 0.1) is 5.69 Å². The van der Waals surface area contributed by atoms with Crippen LogP contribution in [-0.2, 0) is 10.2 Å². The number of hydrogen-bond acceptors (Lipinski definition) is 2. The lowest BCUT2D eigenvalue weighted by molar-refractivity contribution is 0.0575. The van der Waals surface area contributed by atoms with Gasteiger partial charge in [-0.25, -0.2) is 4.79 Å². The first-order valence-corrected chi connectivity index (χ1v) is 8.43. The summed E-state index contributed by atoms with van der Waals surface area (Å²) in [5.74, 6) is 0. The predicted octanol–water partition coefficient (Wildman–Crippen LogP) is 4.95. The van der Waals surface area contributed by atoms with E-state index in [9.17, 15) is 4.79 Å². The number of hydrogen-bond donors (Lipinski definition) is 0. The Balaban J connectivity index is 1.99. The lowest BCUT2D eigenvalue weighted by Gasteiger charge is -2.35. The number of benzene rings is 1. The Morgan fingerprint density at radius 2 is 1.86 bits per heavy atom. The summed E-state index contributed by atoms with van der Waals surface area (Å²) in [7, 11) is 0. The van der Waals surface area contributed by atoms with Crippen molar-refractivity contribution < 1.29 is 9.53 Å². The Morgan fingerprint density at radius 3 is 2.50 bits per heavy atom. The van der Waals surface area contributed by atoms with Crippen molar-refractivity contribution in [3.8, 4) is 0 Å². The van der Waals surface area contributed by atoms with E-state index in [1.807, 2.05) is 31.7 Å². The third-order valence-electron chi connectivity index (χ3n) is 4.96. The number of amides is 1. The third-order valence-corrected chi connectivity index (χ3v) is 4.96. The van der Waals surface area contributed by atoms with Gasteiger partial charge in [0.25, 0.3) is 0 Å². The highest BCUT2D eigenvalue weighted by Gasteiger charge is 2.46. The van der Waals surface area contributed by atoms with E-state index in [-0.39, 0.29) is 11.5 Å². The fourth-order valence-electron chi connectivity index (χ4n) is 4.15. The van der Waals surface area contributed by atoms with Crippen LogP contribution in [0.1, 0.15) is 64.0 Å². The number of carbonyl (C=O) groups excluding carboxylic acids is 1. The molecular formula is C19H27NO2. The molecule has 0 saturated heterocycles. The van der Waals surface area contributed by atoms with Crippen molar-refractivity contribution in [3.05, 3.63) is 29.3 Å². The van der Waals surface area contributed by atoms with Gasteiger partial charge in [-0.15, -0.1) is 0 Å². The summed E-state index contributed by atoms with van der Waals surface area (Å²) in [6.07, 6.45) is 6.00. The zero-order valence-corrected chi connectivity index (χ0v) is 14.2. The van der Waals surface area contributed by atoms with Gasteiger partial charge in [0.15, 0.2) is 0 Å². The SMILES string of the molecule is Cc1cccc2c1C1(CCCCC1)CN2C(=O)OC(C)(C)C. The van der Waals surface area contributed by atoms with Crippen LogP contribution in [-0.4, -0.2) is 18.2 Å². The standard InChI is InChI=1S/C19H27NO2/c1-14-9-8-10-15-16(14)19(11-6-5-7-12-19)13-20(15)17(21)22-18(2,3)4/h8-10H,5-7,11-13H2,1-4H3. The van der Waals surface area contributed by atoms with Gasteiger partial charge in [0.2, 0.25) is 0 Å². The first kappa shape index (κ1) is 15.4. The zero-order chi connectivity index (χ0) is 16.0. The van der Waals surface area contributed by atoms with E-state index in [0.29, 0.717) is 0 Å². The molecule has 1 aliphatic carbocycles. The number of anilines is 1. The average Bonchev–Trinajstić information content (AvgIpc) is 2.74. The molecule has 0 N–H and O–H groups in total. The molecule has 3 rings (SSSR count). The minimum Gasteiger partial charge on any atom is -0.443 e. The van der Waals surface area contributed by atoms with Crippen molar-refractivity contribution in [2.75, 3.05) is 11.4 Å². The molecule has 0 aromatic heterocycles. The molecule has 1 heterocycles. The van der Waals surface area contributed by atoms with Crippen LogP contribution in [0.2, 0.25) is 0 Å². The molecule has 1 amide bonds. The zero-order valence-electron chi connectivity index (χ0n) is 14.2. The largest absolute Gasteiger partial charge is 0.443 e. The van der Waals surface area contributed by atoms with Gasteiger partial charge < -0.3 is 4.74 Å². The lowest BCUT2D eigenvalue weighted by Crippen LogP contribution is -2.41. The highest BCUT2D eigenvalue weighted by molar-refractivity contribution is 5.92. The Hall–Kier alpha value is -1.51. The van der Waals surface area contributed by atoms with Gasteiger partial charge in [0, 0.05) is 12.0 Å². The van der Waals surface area contributed by atoms with Crippen LogP contribution < -0.4 is 4.90 Å². The Kier molecular flexibility index (Phi) is 3.70. The Labute approximate surface area is 133 Å². The monoisotopic (exact) mass is 301 g/mol. The number of carbonyl (C=O) groups is 1. The van der Waals surface area contributed by atoms with Crippen LogP contribution in [0.3, 0.4) is 0 Å². The maximum absolute atomic E-state index is 12.7. The molecule has 1 aromatic rings. The van der Waals surface area contributed by atoms with Gasteiger partial charge in [-0.1, -0.05) is 31.4 Å². The summed E-state index contributed by atoms with van der Waals surface area (Å²) in [5.41, 5.74) is 3.46. The average molecular weight is 301 g/mol. The second kappa shape index (κ2) is 5.29. The van der Waals surface area contributed by atoms with E-state index >= 15 is 0 Å². The van der Waals surface area contributed by atoms with Crippen molar-refractivity contribution in [1.82, 2.24) is 0 Å². The highest BCUT2D eigenvalue weighted by atomic mass is 16.6. The molecular weight excluding hydrogens is 274 g/mol. The molecule has 1 spiro atoms. The van der Waals surface area contributed by atoms with Crippen LogP contribution in [0, 0.1) is 6.92 Å². The quantitative estimate of drug-likeness (QED) is 0.678. The molecule has 0 unspecified atom stereocenters. The van der Waals surface area contributed by atoms with Crippen LogP contribution in [0.4, 0.5) is 10.5 Å². The maximum Gasteiger partial charge on any atom is 0.414 e. The number of fused-ring (bicyclic) bond motifs is 2. The fraction of sp³-hybridized carbons (Fsp3) is 0.632. The second-order valence-corrected chi connectivity index (χ2v) is 7.88. The van der Waals surface area contributed by atoms with E-state index < -0.39 is 5.60 Å². The summed E-state index contributed by atoms with van der Waals surface area (Å²) in [4.78, 5) is 14.5. The topological polar surface area (TPSA) is 29.5 Å². The number of rotatable bonds is 0. The molecule has 1 fully saturated rings. The normalized spacial score (nSPS) is 20.1.